The third-order valence-electron chi connectivity index (χ3n) is 8.62. The molecule has 0 unspecified atom stereocenters. The average Bonchev–Trinajstić information content (AvgIpc) is 2.99. The van der Waals surface area contributed by atoms with Crippen molar-refractivity contribution in [3.63, 3.8) is 0 Å². The second kappa shape index (κ2) is 25.4. The first-order chi connectivity index (χ1) is 22.5. The number of nitrogens with zero attached hydrogens (tertiary/aromatic N) is 2. The van der Waals surface area contributed by atoms with Crippen molar-refractivity contribution in [2.24, 2.45) is 9.98 Å². The van der Waals surface area contributed by atoms with E-state index < -0.39 is 16.1 Å². The number of unbranched alkanes of at least 4 members (excludes halogenated alkanes) is 14. The topological polar surface area (TPSA) is 24.7 Å². The average molecular weight is 732 g/mol. The Labute approximate surface area is 310 Å². The Morgan fingerprint density at radius 2 is 1.00 bits per heavy atom. The van der Waals surface area contributed by atoms with Gasteiger partial charge in [0.2, 0.25) is 0 Å². The maximum Gasteiger partial charge on any atom is 0.0848 e. The van der Waals surface area contributed by atoms with Gasteiger partial charge in [0.05, 0.1) is 22.8 Å². The minimum atomic E-state index is -1.22. The summed E-state index contributed by atoms with van der Waals surface area (Å²) < 4.78 is 0. The predicted molar refractivity (Wildman–Crippen MR) is 220 cm³/mol. The van der Waals surface area contributed by atoms with Crippen LogP contribution < -0.4 is 0 Å². The van der Waals surface area contributed by atoms with E-state index in [9.17, 15) is 0 Å². The first-order valence-electron chi connectivity index (χ1n) is 19.5. The maximum absolute atomic E-state index is 5.34. The summed E-state index contributed by atoms with van der Waals surface area (Å²) in [6, 6.07) is 20.3. The predicted octanol–water partition coefficient (Wildman–Crippen LogP) is 14.6. The molecule has 272 valence electrons. The second-order valence-corrected chi connectivity index (χ2v) is 27.4. The molecule has 2 nitrogen and oxygen atoms in total. The zero-order valence-electron chi connectivity index (χ0n) is 32.4. The molecule has 0 aliphatic rings. The molecule has 2 aromatic rings. The number of rotatable bonds is 25. The van der Waals surface area contributed by atoms with E-state index in [1.54, 1.807) is 0 Å². The maximum atomic E-state index is 5.34. The number of aliphatic imine (C=N–C) groups is 2. The summed E-state index contributed by atoms with van der Waals surface area (Å²) in [6.07, 6.45) is 27.0. The number of hydrogen-bond donors (Lipinski definition) is 0. The molecule has 0 aliphatic carbocycles. The molecule has 0 saturated heterocycles. The first-order valence-corrected chi connectivity index (χ1v) is 26.9. The molecule has 0 fully saturated rings. The third kappa shape index (κ3) is 22.2. The van der Waals surface area contributed by atoms with Gasteiger partial charge in [-0.25, -0.2) is 4.99 Å². The van der Waals surface area contributed by atoms with Crippen LogP contribution in [-0.2, 0) is 28.6 Å². The molecule has 48 heavy (non-hydrogen) atoms. The molecule has 0 radical (unpaired) electrons. The van der Waals surface area contributed by atoms with Gasteiger partial charge < -0.3 is 0 Å². The van der Waals surface area contributed by atoms with Crippen LogP contribution in [-0.4, -0.2) is 27.6 Å². The zero-order chi connectivity index (χ0) is 34.4. The van der Waals surface area contributed by atoms with Crippen LogP contribution in [0, 0.1) is 0 Å². The SMILES string of the molecule is CCCCCCCCCCCCCC/C=C/C(=Nc1cccc(C[Si](C)(C)C)c1)C(CCCCC)=Nc1cccc(C[Si](C)(C)C)c1.[Ni]. The zero-order valence-corrected chi connectivity index (χ0v) is 35.4. The van der Waals surface area contributed by atoms with Gasteiger partial charge in [-0.3, -0.25) is 4.99 Å². The van der Waals surface area contributed by atoms with Gasteiger partial charge in [0.15, 0.2) is 0 Å². The third-order valence-corrected chi connectivity index (χ3v) is 11.6. The summed E-state index contributed by atoms with van der Waals surface area (Å²) >= 11 is 0. The fourth-order valence-electron chi connectivity index (χ4n) is 6.27. The summed E-state index contributed by atoms with van der Waals surface area (Å²) in [6.45, 7) is 19.3. The molecular formula is C43H72N2NiSi2. The van der Waals surface area contributed by atoms with Crippen molar-refractivity contribution >= 4 is 38.9 Å². The van der Waals surface area contributed by atoms with Crippen LogP contribution in [0.15, 0.2) is 70.7 Å². The normalized spacial score (nSPS) is 12.9. The van der Waals surface area contributed by atoms with Crippen LogP contribution in [0.4, 0.5) is 11.4 Å². The molecule has 0 atom stereocenters. The van der Waals surface area contributed by atoms with Gasteiger partial charge in [-0.05, 0) is 79.2 Å². The Morgan fingerprint density at radius 3 is 1.48 bits per heavy atom. The van der Waals surface area contributed by atoms with Crippen LogP contribution in [0.2, 0.25) is 39.3 Å². The molecular weight excluding hydrogens is 659 g/mol. The fourth-order valence-corrected chi connectivity index (χ4v) is 9.16. The Balaban J connectivity index is 0.0000115. The molecule has 0 amide bonds. The minimum absolute atomic E-state index is 0. The van der Waals surface area contributed by atoms with Crippen LogP contribution in [0.5, 0.6) is 0 Å². The molecule has 2 aromatic carbocycles. The van der Waals surface area contributed by atoms with E-state index in [-0.39, 0.29) is 16.5 Å². The first kappa shape index (κ1) is 44.5. The van der Waals surface area contributed by atoms with Gasteiger partial charge in [-0.1, -0.05) is 167 Å². The molecule has 0 aliphatic heterocycles. The van der Waals surface area contributed by atoms with Crippen molar-refractivity contribution in [3.8, 4) is 0 Å². The van der Waals surface area contributed by atoms with E-state index in [1.807, 2.05) is 0 Å². The molecule has 2 rings (SSSR count). The van der Waals surface area contributed by atoms with Crippen molar-refractivity contribution in [1.29, 1.82) is 0 Å². The minimum Gasteiger partial charge on any atom is -0.251 e. The van der Waals surface area contributed by atoms with Gasteiger partial charge in [0.25, 0.3) is 0 Å². The van der Waals surface area contributed by atoms with E-state index >= 15 is 0 Å². The second-order valence-electron chi connectivity index (χ2n) is 16.4. The standard InChI is InChI=1S/C43H72N2Si2.Ni/c1-9-11-13-14-15-16-17-18-19-20-21-22-23-25-33-43(45-41-31-27-29-39(35-41)37-47(6,7)8)42(32-24-12-10-2)44-40-30-26-28-38(34-40)36-46(3,4)5;/h25-31,33-35H,9-24,32,36-37H2,1-8H3;/b33-25+,44-42?,45-43?;. The molecule has 0 saturated carbocycles. The van der Waals surface area contributed by atoms with Crippen LogP contribution in [0.25, 0.3) is 0 Å². The Kier molecular flexibility index (Phi) is 23.5. The summed E-state index contributed by atoms with van der Waals surface area (Å²) in [5, 5.41) is 0. The molecule has 0 spiro atoms. The van der Waals surface area contributed by atoms with Crippen LogP contribution >= 0.6 is 0 Å². The monoisotopic (exact) mass is 730 g/mol. The van der Waals surface area contributed by atoms with E-state index in [0.717, 1.165) is 42.1 Å². The van der Waals surface area contributed by atoms with Crippen LogP contribution in [0.3, 0.4) is 0 Å². The molecule has 0 N–H and O–H groups in total. The molecule has 5 heteroatoms. The van der Waals surface area contributed by atoms with Gasteiger partial charge in [-0.15, -0.1) is 0 Å². The van der Waals surface area contributed by atoms with Crippen molar-refractivity contribution in [2.75, 3.05) is 0 Å². The molecule has 0 aromatic heterocycles. The summed E-state index contributed by atoms with van der Waals surface area (Å²) in [7, 11) is -2.42. The Hall–Kier alpha value is -1.55. The smallest absolute Gasteiger partial charge is 0.0848 e. The van der Waals surface area contributed by atoms with E-state index in [2.05, 4.69) is 114 Å². The quantitative estimate of drug-likeness (QED) is 0.0552. The summed E-state index contributed by atoms with van der Waals surface area (Å²) in [4.78, 5) is 10.7. The number of benzene rings is 2. The Morgan fingerprint density at radius 1 is 0.562 bits per heavy atom. The van der Waals surface area contributed by atoms with E-state index in [1.165, 1.54) is 113 Å². The molecule has 0 heterocycles. The van der Waals surface area contributed by atoms with Gasteiger partial charge in [0, 0.05) is 32.6 Å². The largest absolute Gasteiger partial charge is 0.251 e. The van der Waals surface area contributed by atoms with Crippen molar-refractivity contribution in [3.05, 3.63) is 71.8 Å². The Bertz CT molecular complexity index is 1220. The van der Waals surface area contributed by atoms with Crippen molar-refractivity contribution < 1.29 is 16.5 Å². The van der Waals surface area contributed by atoms with Gasteiger partial charge >= 0.3 is 0 Å². The number of allylic oxidation sites excluding steroid dienone is 2. The van der Waals surface area contributed by atoms with Crippen molar-refractivity contribution in [1.82, 2.24) is 0 Å². The van der Waals surface area contributed by atoms with Crippen LogP contribution in [0.1, 0.15) is 134 Å². The van der Waals surface area contributed by atoms with Crippen molar-refractivity contribution in [2.45, 2.75) is 174 Å². The summed E-state index contributed by atoms with van der Waals surface area (Å²) in [5.74, 6) is 0. The fraction of sp³-hybridized carbons (Fsp3) is 0.628. The van der Waals surface area contributed by atoms with Gasteiger partial charge in [-0.2, -0.15) is 0 Å². The van der Waals surface area contributed by atoms with E-state index in [0.29, 0.717) is 0 Å². The summed E-state index contributed by atoms with van der Waals surface area (Å²) in [5.41, 5.74) is 7.13. The number of hydrogen-bond acceptors (Lipinski definition) is 2. The van der Waals surface area contributed by atoms with E-state index in [4.69, 9.17) is 9.98 Å². The molecule has 0 bridgehead atoms. The van der Waals surface area contributed by atoms with Gasteiger partial charge in [0.1, 0.15) is 0 Å².